The molecule has 0 aliphatic carbocycles. The van der Waals surface area contributed by atoms with E-state index in [4.69, 9.17) is 4.74 Å². The standard InChI is InChI=1S/C23H31N3O2/c1-19-8-10-22(11-9-19)28-18-23(27)24-17-21(16-20-6-4-3-5-7-20)26-14-12-25(2)13-15-26/h3-11,21H,12-18H2,1-2H3,(H,24,27). The van der Waals surface area contributed by atoms with Crippen molar-refractivity contribution in [3.63, 3.8) is 0 Å². The van der Waals surface area contributed by atoms with Gasteiger partial charge in [0, 0.05) is 38.8 Å². The van der Waals surface area contributed by atoms with Crippen LogP contribution in [0.2, 0.25) is 0 Å². The van der Waals surface area contributed by atoms with Gasteiger partial charge in [-0.3, -0.25) is 9.69 Å². The van der Waals surface area contributed by atoms with Crippen LogP contribution in [-0.2, 0) is 11.2 Å². The van der Waals surface area contributed by atoms with Crippen LogP contribution in [0.15, 0.2) is 54.6 Å². The molecule has 1 atom stereocenters. The van der Waals surface area contributed by atoms with Gasteiger partial charge in [-0.2, -0.15) is 0 Å². The zero-order chi connectivity index (χ0) is 19.8. The van der Waals surface area contributed by atoms with Gasteiger partial charge in [-0.05, 0) is 38.1 Å². The molecule has 0 saturated carbocycles. The summed E-state index contributed by atoms with van der Waals surface area (Å²) in [6, 6.07) is 18.5. The molecule has 5 heteroatoms. The minimum absolute atomic E-state index is 0.0455. The highest BCUT2D eigenvalue weighted by Crippen LogP contribution is 2.12. The first-order chi connectivity index (χ1) is 13.6. The Bertz CT molecular complexity index is 725. The summed E-state index contributed by atoms with van der Waals surface area (Å²) in [6.45, 7) is 6.90. The highest BCUT2D eigenvalue weighted by atomic mass is 16.5. The first-order valence-corrected chi connectivity index (χ1v) is 10.0. The fourth-order valence-corrected chi connectivity index (χ4v) is 3.47. The van der Waals surface area contributed by atoms with Crippen LogP contribution in [0.3, 0.4) is 0 Å². The first-order valence-electron chi connectivity index (χ1n) is 10.0. The summed E-state index contributed by atoms with van der Waals surface area (Å²) >= 11 is 0. The van der Waals surface area contributed by atoms with Crippen LogP contribution < -0.4 is 10.1 Å². The maximum absolute atomic E-state index is 12.3. The average Bonchev–Trinajstić information content (AvgIpc) is 2.72. The van der Waals surface area contributed by atoms with Crippen LogP contribution in [0.1, 0.15) is 11.1 Å². The molecule has 1 aliphatic heterocycles. The first kappa shape index (κ1) is 20.4. The van der Waals surface area contributed by atoms with Gasteiger partial charge in [0.15, 0.2) is 6.61 Å². The number of benzene rings is 2. The molecule has 2 aromatic carbocycles. The van der Waals surface area contributed by atoms with Gasteiger partial charge in [-0.15, -0.1) is 0 Å². The van der Waals surface area contributed by atoms with E-state index < -0.39 is 0 Å². The van der Waals surface area contributed by atoms with Crippen LogP contribution in [0.5, 0.6) is 5.75 Å². The van der Waals surface area contributed by atoms with E-state index >= 15 is 0 Å². The van der Waals surface area contributed by atoms with Gasteiger partial charge < -0.3 is 15.0 Å². The molecular formula is C23H31N3O2. The third-order valence-corrected chi connectivity index (χ3v) is 5.29. The Morgan fingerprint density at radius 3 is 2.39 bits per heavy atom. The predicted octanol–water partition coefficient (Wildman–Crippen LogP) is 2.35. The Morgan fingerprint density at radius 2 is 1.71 bits per heavy atom. The lowest BCUT2D eigenvalue weighted by Gasteiger charge is -2.38. The number of carbonyl (C=O) groups is 1. The fraction of sp³-hybridized carbons (Fsp3) is 0.435. The summed E-state index contributed by atoms with van der Waals surface area (Å²) in [5.74, 6) is 0.647. The summed E-state index contributed by atoms with van der Waals surface area (Å²) in [5.41, 5.74) is 2.48. The molecule has 5 nitrogen and oxygen atoms in total. The summed E-state index contributed by atoms with van der Waals surface area (Å²) in [7, 11) is 2.16. The average molecular weight is 382 g/mol. The van der Waals surface area contributed by atoms with Crippen molar-refractivity contribution in [2.45, 2.75) is 19.4 Å². The molecule has 0 spiro atoms. The molecule has 28 heavy (non-hydrogen) atoms. The number of piperazine rings is 1. The molecule has 1 fully saturated rings. The van der Waals surface area contributed by atoms with E-state index in [1.54, 1.807) is 0 Å². The van der Waals surface area contributed by atoms with Crippen molar-refractivity contribution in [1.82, 2.24) is 15.1 Å². The number of nitrogens with zero attached hydrogens (tertiary/aromatic N) is 2. The van der Waals surface area contributed by atoms with E-state index in [-0.39, 0.29) is 12.5 Å². The lowest BCUT2D eigenvalue weighted by Crippen LogP contribution is -2.53. The van der Waals surface area contributed by atoms with Crippen molar-refractivity contribution >= 4 is 5.91 Å². The second kappa shape index (κ2) is 10.2. The fourth-order valence-electron chi connectivity index (χ4n) is 3.47. The number of carbonyl (C=O) groups excluding carboxylic acids is 1. The van der Waals surface area contributed by atoms with E-state index in [2.05, 4.69) is 46.4 Å². The zero-order valence-electron chi connectivity index (χ0n) is 16.9. The second-order valence-corrected chi connectivity index (χ2v) is 7.59. The summed E-state index contributed by atoms with van der Waals surface area (Å²) in [4.78, 5) is 17.2. The molecule has 1 heterocycles. The van der Waals surface area contributed by atoms with Crippen LogP contribution in [0, 0.1) is 6.92 Å². The van der Waals surface area contributed by atoms with E-state index in [9.17, 15) is 4.79 Å². The number of nitrogens with one attached hydrogen (secondary N) is 1. The minimum atomic E-state index is -0.0761. The molecule has 0 bridgehead atoms. The van der Waals surface area contributed by atoms with E-state index in [0.29, 0.717) is 12.6 Å². The van der Waals surface area contributed by atoms with Gasteiger partial charge in [0.2, 0.25) is 0 Å². The zero-order valence-corrected chi connectivity index (χ0v) is 16.9. The summed E-state index contributed by atoms with van der Waals surface area (Å²) in [5, 5.41) is 3.07. The molecular weight excluding hydrogens is 350 g/mol. The van der Waals surface area contributed by atoms with Crippen molar-refractivity contribution in [3.05, 3.63) is 65.7 Å². The molecule has 1 aliphatic rings. The van der Waals surface area contributed by atoms with Crippen LogP contribution in [0.4, 0.5) is 0 Å². The third-order valence-electron chi connectivity index (χ3n) is 5.29. The number of hydrogen-bond donors (Lipinski definition) is 1. The predicted molar refractivity (Wildman–Crippen MR) is 113 cm³/mol. The molecule has 1 unspecified atom stereocenters. The van der Waals surface area contributed by atoms with Crippen LogP contribution in [-0.4, -0.2) is 68.1 Å². The lowest BCUT2D eigenvalue weighted by atomic mass is 10.0. The van der Waals surface area contributed by atoms with Crippen LogP contribution in [0.25, 0.3) is 0 Å². The largest absolute Gasteiger partial charge is 0.484 e. The number of likely N-dealkylation sites (N-methyl/N-ethyl adjacent to an activating group) is 1. The lowest BCUT2D eigenvalue weighted by molar-refractivity contribution is -0.123. The Balaban J connectivity index is 1.52. The maximum Gasteiger partial charge on any atom is 0.257 e. The van der Waals surface area contributed by atoms with Gasteiger partial charge in [0.1, 0.15) is 5.75 Å². The third kappa shape index (κ3) is 6.36. The molecule has 150 valence electrons. The van der Waals surface area contributed by atoms with Crippen molar-refractivity contribution in [1.29, 1.82) is 0 Å². The second-order valence-electron chi connectivity index (χ2n) is 7.59. The van der Waals surface area contributed by atoms with E-state index in [1.165, 1.54) is 11.1 Å². The maximum atomic E-state index is 12.3. The molecule has 0 aromatic heterocycles. The molecule has 1 saturated heterocycles. The smallest absolute Gasteiger partial charge is 0.257 e. The van der Waals surface area contributed by atoms with E-state index in [0.717, 1.165) is 38.3 Å². The van der Waals surface area contributed by atoms with Gasteiger partial charge in [0.05, 0.1) is 0 Å². The molecule has 0 radical (unpaired) electrons. The van der Waals surface area contributed by atoms with Gasteiger partial charge in [-0.25, -0.2) is 0 Å². The molecule has 1 N–H and O–H groups in total. The van der Waals surface area contributed by atoms with Gasteiger partial charge in [0.25, 0.3) is 5.91 Å². The Kier molecular flexibility index (Phi) is 7.46. The van der Waals surface area contributed by atoms with Gasteiger partial charge >= 0.3 is 0 Å². The summed E-state index contributed by atoms with van der Waals surface area (Å²) in [6.07, 6.45) is 0.934. The van der Waals surface area contributed by atoms with Crippen LogP contribution >= 0.6 is 0 Å². The Morgan fingerprint density at radius 1 is 1.04 bits per heavy atom. The normalized spacial score (nSPS) is 16.5. The van der Waals surface area contributed by atoms with Crippen molar-refractivity contribution in [3.8, 4) is 5.75 Å². The van der Waals surface area contributed by atoms with Crippen molar-refractivity contribution in [2.75, 3.05) is 46.4 Å². The van der Waals surface area contributed by atoms with Crippen molar-refractivity contribution in [2.24, 2.45) is 0 Å². The molecule has 2 aromatic rings. The topological polar surface area (TPSA) is 44.8 Å². The Labute approximate surface area is 168 Å². The number of rotatable bonds is 8. The highest BCUT2D eigenvalue weighted by molar-refractivity contribution is 5.77. The quantitative estimate of drug-likeness (QED) is 0.762. The number of hydrogen-bond acceptors (Lipinski definition) is 4. The number of ether oxygens (including phenoxy) is 1. The molecule has 3 rings (SSSR count). The monoisotopic (exact) mass is 381 g/mol. The summed E-state index contributed by atoms with van der Waals surface area (Å²) < 4.78 is 5.60. The SMILES string of the molecule is Cc1ccc(OCC(=O)NCC(Cc2ccccc2)N2CCN(C)CC2)cc1. The Hall–Kier alpha value is -2.37. The van der Waals surface area contributed by atoms with Crippen molar-refractivity contribution < 1.29 is 9.53 Å². The number of amides is 1. The van der Waals surface area contributed by atoms with Gasteiger partial charge in [-0.1, -0.05) is 48.0 Å². The van der Waals surface area contributed by atoms with E-state index in [1.807, 2.05) is 37.3 Å². The minimum Gasteiger partial charge on any atom is -0.484 e. The number of aryl methyl sites for hydroxylation is 1. The molecule has 1 amide bonds. The highest BCUT2D eigenvalue weighted by Gasteiger charge is 2.23.